The summed E-state index contributed by atoms with van der Waals surface area (Å²) in [5.41, 5.74) is 14.4. The number of hydrogen-bond donors (Lipinski definition) is 4. The van der Waals surface area contributed by atoms with Gasteiger partial charge in [0.15, 0.2) is 11.7 Å². The van der Waals surface area contributed by atoms with Gasteiger partial charge in [-0.25, -0.2) is 0 Å². The van der Waals surface area contributed by atoms with Crippen molar-refractivity contribution in [1.29, 1.82) is 5.41 Å². The normalized spacial score (nSPS) is 11.7. The molecule has 0 aromatic carbocycles. The van der Waals surface area contributed by atoms with E-state index < -0.39 is 35.8 Å². The van der Waals surface area contributed by atoms with Gasteiger partial charge >= 0.3 is 0 Å². The van der Waals surface area contributed by atoms with E-state index in [-0.39, 0.29) is 0 Å². The van der Waals surface area contributed by atoms with Crippen molar-refractivity contribution < 1.29 is 14.4 Å². The number of ketones is 1. The van der Waals surface area contributed by atoms with E-state index in [2.05, 4.69) is 0 Å². The van der Waals surface area contributed by atoms with E-state index >= 15 is 0 Å². The van der Waals surface area contributed by atoms with Crippen molar-refractivity contribution in [2.45, 2.75) is 6.42 Å². The lowest BCUT2D eigenvalue weighted by Crippen LogP contribution is -2.41. The quantitative estimate of drug-likeness (QED) is 0.212. The van der Waals surface area contributed by atoms with Gasteiger partial charge in [0.25, 0.3) is 0 Å². The maximum absolute atomic E-state index is 11.0. The first-order chi connectivity index (χ1) is 5.86. The van der Waals surface area contributed by atoms with Gasteiger partial charge < -0.3 is 17.2 Å². The Hall–Kier alpha value is -1.92. The number of hydrogen-bond acceptors (Lipinski definition) is 4. The van der Waals surface area contributed by atoms with Crippen LogP contribution in [0.1, 0.15) is 6.42 Å². The molecule has 72 valence electrons. The predicted molar refractivity (Wildman–Crippen MR) is 43.4 cm³/mol. The van der Waals surface area contributed by atoms with Gasteiger partial charge in [0.1, 0.15) is 5.84 Å². The van der Waals surface area contributed by atoms with Gasteiger partial charge in [-0.1, -0.05) is 0 Å². The first-order valence-electron chi connectivity index (χ1n) is 3.30. The summed E-state index contributed by atoms with van der Waals surface area (Å²) < 4.78 is 0. The number of rotatable bonds is 5. The van der Waals surface area contributed by atoms with Gasteiger partial charge in [-0.15, -0.1) is 0 Å². The number of nitrogens with two attached hydrogens (primary N) is 3. The first kappa shape index (κ1) is 11.1. The van der Waals surface area contributed by atoms with Crippen LogP contribution in [-0.2, 0) is 14.4 Å². The molecule has 0 aliphatic heterocycles. The molecule has 0 spiro atoms. The van der Waals surface area contributed by atoms with Crippen molar-refractivity contribution in [3.8, 4) is 0 Å². The Kier molecular flexibility index (Phi) is 3.57. The summed E-state index contributed by atoms with van der Waals surface area (Å²) in [6, 6.07) is 0. The van der Waals surface area contributed by atoms with E-state index in [9.17, 15) is 14.4 Å². The fourth-order valence-corrected chi connectivity index (χ4v) is 0.759. The maximum atomic E-state index is 11.0. The number of amides is 2. The fraction of sp³-hybridized carbons (Fsp3) is 0.333. The van der Waals surface area contributed by atoms with Gasteiger partial charge in [0.05, 0.1) is 6.42 Å². The average molecular weight is 186 g/mol. The molecular formula is C6H10N4O3. The van der Waals surface area contributed by atoms with Crippen LogP contribution < -0.4 is 17.2 Å². The summed E-state index contributed by atoms with van der Waals surface area (Å²) in [6.45, 7) is 0. The predicted octanol–water partition coefficient (Wildman–Crippen LogP) is -2.53. The molecule has 2 amide bonds. The molecule has 1 unspecified atom stereocenters. The highest BCUT2D eigenvalue weighted by molar-refractivity contribution is 6.21. The Morgan fingerprint density at radius 3 is 1.85 bits per heavy atom. The lowest BCUT2D eigenvalue weighted by Gasteiger charge is -2.08. The minimum Gasteiger partial charge on any atom is -0.387 e. The largest absolute Gasteiger partial charge is 0.387 e. The molecule has 0 aliphatic rings. The number of carbonyl (C=O) groups is 3. The fourth-order valence-electron chi connectivity index (χ4n) is 0.759. The van der Waals surface area contributed by atoms with E-state index in [0.717, 1.165) is 0 Å². The number of amidine groups is 1. The van der Waals surface area contributed by atoms with Gasteiger partial charge in [0, 0.05) is 0 Å². The van der Waals surface area contributed by atoms with Crippen molar-refractivity contribution in [3.63, 3.8) is 0 Å². The van der Waals surface area contributed by atoms with Crippen LogP contribution >= 0.6 is 0 Å². The lowest BCUT2D eigenvalue weighted by atomic mass is 10.00. The molecule has 13 heavy (non-hydrogen) atoms. The molecule has 0 aliphatic carbocycles. The Balaban J connectivity index is 4.57. The summed E-state index contributed by atoms with van der Waals surface area (Å²) >= 11 is 0. The van der Waals surface area contributed by atoms with Crippen molar-refractivity contribution in [2.24, 2.45) is 23.1 Å². The van der Waals surface area contributed by atoms with Crippen LogP contribution in [0.2, 0.25) is 0 Å². The Morgan fingerprint density at radius 1 is 1.15 bits per heavy atom. The second kappa shape index (κ2) is 4.19. The van der Waals surface area contributed by atoms with Crippen LogP contribution in [0.5, 0.6) is 0 Å². The number of primary amides is 2. The van der Waals surface area contributed by atoms with Gasteiger partial charge in [-0.05, 0) is 0 Å². The van der Waals surface area contributed by atoms with Gasteiger partial charge in [-0.3, -0.25) is 19.8 Å². The van der Waals surface area contributed by atoms with Crippen molar-refractivity contribution in [1.82, 2.24) is 0 Å². The van der Waals surface area contributed by atoms with Crippen LogP contribution in [0, 0.1) is 11.3 Å². The van der Waals surface area contributed by atoms with E-state index in [4.69, 9.17) is 22.6 Å². The molecule has 7 nitrogen and oxygen atoms in total. The zero-order chi connectivity index (χ0) is 10.6. The second-order valence-corrected chi connectivity index (χ2v) is 2.40. The van der Waals surface area contributed by atoms with Crippen LogP contribution in [0.15, 0.2) is 0 Å². The molecule has 0 radical (unpaired) electrons. The highest BCUT2D eigenvalue weighted by atomic mass is 16.2. The third-order valence-corrected chi connectivity index (χ3v) is 1.27. The Morgan fingerprint density at radius 2 is 1.62 bits per heavy atom. The second-order valence-electron chi connectivity index (χ2n) is 2.40. The topological polar surface area (TPSA) is 153 Å². The number of nitrogens with one attached hydrogen (secondary N) is 1. The van der Waals surface area contributed by atoms with E-state index in [1.54, 1.807) is 0 Å². The van der Waals surface area contributed by atoms with Crippen LogP contribution in [0.25, 0.3) is 0 Å². The van der Waals surface area contributed by atoms with Gasteiger partial charge in [-0.2, -0.15) is 0 Å². The van der Waals surface area contributed by atoms with Crippen molar-refractivity contribution >= 4 is 23.4 Å². The van der Waals surface area contributed by atoms with Crippen LogP contribution in [-0.4, -0.2) is 23.4 Å². The molecule has 0 saturated heterocycles. The molecule has 7 N–H and O–H groups in total. The Bertz CT molecular complexity index is 259. The molecule has 0 aromatic rings. The third kappa shape index (κ3) is 3.32. The van der Waals surface area contributed by atoms with Crippen molar-refractivity contribution in [2.75, 3.05) is 0 Å². The van der Waals surface area contributed by atoms with Crippen molar-refractivity contribution in [3.05, 3.63) is 0 Å². The summed E-state index contributed by atoms with van der Waals surface area (Å²) in [5.74, 6) is -5.03. The summed E-state index contributed by atoms with van der Waals surface area (Å²) in [5, 5.41) is 6.86. The smallest absolute Gasteiger partial charge is 0.235 e. The minimum atomic E-state index is -1.55. The Labute approximate surface area is 73.8 Å². The molecule has 0 aromatic heterocycles. The molecule has 1 atom stereocenters. The molecule has 0 bridgehead atoms. The third-order valence-electron chi connectivity index (χ3n) is 1.27. The number of carbonyl (C=O) groups excluding carboxylic acids is 3. The highest BCUT2D eigenvalue weighted by Gasteiger charge is 2.28. The summed E-state index contributed by atoms with van der Waals surface area (Å²) in [7, 11) is 0. The zero-order valence-corrected chi connectivity index (χ0v) is 6.74. The van der Waals surface area contributed by atoms with E-state index in [1.165, 1.54) is 0 Å². The first-order valence-corrected chi connectivity index (χ1v) is 3.30. The van der Waals surface area contributed by atoms with Gasteiger partial charge in [0.2, 0.25) is 11.8 Å². The zero-order valence-electron chi connectivity index (χ0n) is 6.74. The van der Waals surface area contributed by atoms with E-state index in [0.29, 0.717) is 0 Å². The molecule has 0 fully saturated rings. The standard InChI is InChI=1S/C6H10N4O3/c7-3(12)1-2(11)4(5(8)9)6(10)13/h4H,1H2,(H2,7,12)(H3,8,9)(H2,10,13). The van der Waals surface area contributed by atoms with Crippen LogP contribution in [0.3, 0.4) is 0 Å². The average Bonchev–Trinajstić information content (AvgIpc) is 1.81. The summed E-state index contributed by atoms with van der Waals surface area (Å²) in [4.78, 5) is 31.9. The lowest BCUT2D eigenvalue weighted by molar-refractivity contribution is -0.131. The molecule has 7 heteroatoms. The van der Waals surface area contributed by atoms with E-state index in [1.807, 2.05) is 0 Å². The monoisotopic (exact) mass is 186 g/mol. The molecular weight excluding hydrogens is 176 g/mol. The maximum Gasteiger partial charge on any atom is 0.235 e. The van der Waals surface area contributed by atoms with Crippen LogP contribution in [0.4, 0.5) is 0 Å². The molecule has 0 rings (SSSR count). The highest BCUT2D eigenvalue weighted by Crippen LogP contribution is 2.00. The minimum absolute atomic E-state index is 0.646. The number of Topliss-reactive ketones (excluding diaryl/α,β-unsaturated/α-hetero) is 1. The SMILES string of the molecule is N=C(N)C(C(N)=O)C(=O)CC(N)=O. The molecule has 0 heterocycles. The molecule has 0 saturated carbocycles. The summed E-state index contributed by atoms with van der Waals surface area (Å²) in [6.07, 6.45) is -0.646.